The molecule has 0 aliphatic heterocycles. The van der Waals surface area contributed by atoms with Gasteiger partial charge in [-0.2, -0.15) is 0 Å². The molecule has 0 spiro atoms. The summed E-state index contributed by atoms with van der Waals surface area (Å²) in [6, 6.07) is 69.7. The summed E-state index contributed by atoms with van der Waals surface area (Å²) in [5, 5.41) is 7.20. The summed E-state index contributed by atoms with van der Waals surface area (Å²) in [4.78, 5) is 2.52. The quantitative estimate of drug-likeness (QED) is 0.172. The lowest BCUT2D eigenvalue weighted by molar-refractivity contribution is 0.408. The summed E-state index contributed by atoms with van der Waals surface area (Å²) in [5.41, 5.74) is 28.3. The van der Waals surface area contributed by atoms with Crippen LogP contribution in [0.4, 0.5) is 17.1 Å². The number of aryl methyl sites for hydroxylation is 1. The lowest BCUT2D eigenvalue weighted by atomic mass is 9.69. The maximum absolute atomic E-state index is 7.06. The number of rotatable bonds is 5. The molecule has 4 aliphatic carbocycles. The molecule has 0 amide bonds. The van der Waals surface area contributed by atoms with Gasteiger partial charge >= 0.3 is 0 Å². The Labute approximate surface area is 465 Å². The van der Waals surface area contributed by atoms with Crippen molar-refractivity contribution in [3.8, 4) is 39.1 Å². The minimum atomic E-state index is -0.359. The topological polar surface area (TPSA) is 34.5 Å². The predicted molar refractivity (Wildman–Crippen MR) is 334 cm³/mol. The van der Waals surface area contributed by atoms with Crippen LogP contribution in [0, 0.1) is 12.8 Å². The maximum atomic E-state index is 7.06. The van der Waals surface area contributed by atoms with Crippen molar-refractivity contribution in [1.82, 2.24) is 4.57 Å². The summed E-state index contributed by atoms with van der Waals surface area (Å²) in [7, 11) is 0. The summed E-state index contributed by atoms with van der Waals surface area (Å²) >= 11 is 0. The van der Waals surface area contributed by atoms with Gasteiger partial charge in [0.05, 0.1) is 11.0 Å². The monoisotopic (exact) mass is 1030 g/mol. The molecule has 17 rings (SSSR count). The second kappa shape index (κ2) is 15.8. The number of para-hydroxylation sites is 5. The van der Waals surface area contributed by atoms with Gasteiger partial charge in [0.2, 0.25) is 0 Å². The third-order valence-electron chi connectivity index (χ3n) is 19.5. The Hall–Kier alpha value is -9.12. The minimum absolute atomic E-state index is 0.0970. The number of hydrogen-bond donors (Lipinski definition) is 0. The van der Waals surface area contributed by atoms with Crippen LogP contribution in [-0.4, -0.2) is 4.57 Å². The Kier molecular flexibility index (Phi) is 9.05. The first-order valence-electron chi connectivity index (χ1n) is 28.5. The average Bonchev–Trinajstić information content (AvgIpc) is 3.23. The van der Waals surface area contributed by atoms with Crippen LogP contribution in [0.15, 0.2) is 215 Å². The summed E-state index contributed by atoms with van der Waals surface area (Å²) in [6.45, 7) is 17.0. The van der Waals surface area contributed by atoms with Gasteiger partial charge < -0.3 is 18.3 Å². The van der Waals surface area contributed by atoms with Gasteiger partial charge in [-0.15, -0.1) is 0 Å². The van der Waals surface area contributed by atoms with Crippen LogP contribution in [0.25, 0.3) is 110 Å². The van der Waals surface area contributed by atoms with Crippen molar-refractivity contribution in [1.29, 1.82) is 0 Å². The highest BCUT2D eigenvalue weighted by Gasteiger charge is 2.52. The van der Waals surface area contributed by atoms with Crippen molar-refractivity contribution in [2.45, 2.75) is 71.1 Å². The summed E-state index contributed by atoms with van der Waals surface area (Å²) < 4.78 is 16.5. The molecular formula is C76H58N2O2. The first-order chi connectivity index (χ1) is 38.9. The first kappa shape index (κ1) is 45.9. The zero-order valence-corrected chi connectivity index (χ0v) is 46.1. The molecule has 1 atom stereocenters. The van der Waals surface area contributed by atoms with Crippen molar-refractivity contribution in [2.24, 2.45) is 5.92 Å². The molecule has 0 saturated carbocycles. The molecule has 4 heteroatoms. The molecule has 4 aliphatic rings. The van der Waals surface area contributed by atoms with E-state index in [0.29, 0.717) is 5.92 Å². The zero-order valence-electron chi connectivity index (χ0n) is 46.1. The SMILES string of the molecule is Cc1ccccc1N(c1ccc2c(c1)C(C)(C)c1cc(-c3ccc4c(c3)c3ccccc3n4-c3ccccc3)c3oc4ccccc4c3c1-2)c1ccc2c(c1)C(C)(C)c1c3c(c4oc5ccccc5c4c1-2)C1=CC=CCC1C3(C)C. The molecule has 13 aromatic rings. The molecule has 4 nitrogen and oxygen atoms in total. The van der Waals surface area contributed by atoms with Gasteiger partial charge in [-0.1, -0.05) is 169 Å². The Morgan fingerprint density at radius 1 is 0.487 bits per heavy atom. The molecule has 0 bridgehead atoms. The molecule has 0 saturated heterocycles. The second-order valence-corrected chi connectivity index (χ2v) is 24.8. The van der Waals surface area contributed by atoms with Crippen molar-refractivity contribution in [3.63, 3.8) is 0 Å². The number of nitrogens with zero attached hydrogens (tertiary/aromatic N) is 2. The van der Waals surface area contributed by atoms with Crippen LogP contribution in [0.5, 0.6) is 0 Å². The summed E-state index contributed by atoms with van der Waals surface area (Å²) in [6.07, 6.45) is 8.01. The predicted octanol–water partition coefficient (Wildman–Crippen LogP) is 20.9. The van der Waals surface area contributed by atoms with Crippen molar-refractivity contribution >= 4 is 88.3 Å². The van der Waals surface area contributed by atoms with Crippen LogP contribution in [0.3, 0.4) is 0 Å². The minimum Gasteiger partial charge on any atom is -0.455 e. The maximum Gasteiger partial charge on any atom is 0.143 e. The highest BCUT2D eigenvalue weighted by atomic mass is 16.3. The molecular weight excluding hydrogens is 973 g/mol. The van der Waals surface area contributed by atoms with Gasteiger partial charge in [0.1, 0.15) is 22.3 Å². The zero-order chi connectivity index (χ0) is 53.7. The highest BCUT2D eigenvalue weighted by Crippen LogP contribution is 2.65. The number of hydrogen-bond acceptors (Lipinski definition) is 3. The van der Waals surface area contributed by atoms with E-state index >= 15 is 0 Å². The molecule has 10 aromatic carbocycles. The van der Waals surface area contributed by atoms with Crippen LogP contribution < -0.4 is 4.90 Å². The van der Waals surface area contributed by atoms with E-state index in [4.69, 9.17) is 8.83 Å². The Balaban J connectivity index is 0.852. The number of furan rings is 2. The van der Waals surface area contributed by atoms with E-state index in [1.54, 1.807) is 0 Å². The number of fused-ring (bicyclic) bond motifs is 22. The van der Waals surface area contributed by atoms with Crippen LogP contribution >= 0.6 is 0 Å². The number of anilines is 3. The van der Waals surface area contributed by atoms with Crippen molar-refractivity contribution in [2.75, 3.05) is 4.90 Å². The molecule has 0 N–H and O–H groups in total. The largest absolute Gasteiger partial charge is 0.455 e. The molecule has 0 fully saturated rings. The lowest BCUT2D eigenvalue weighted by Gasteiger charge is -2.34. The molecule has 0 radical (unpaired) electrons. The van der Waals surface area contributed by atoms with E-state index in [1.165, 1.54) is 105 Å². The van der Waals surface area contributed by atoms with Gasteiger partial charge in [-0.25, -0.2) is 0 Å². The number of allylic oxidation sites excluding steroid dienone is 4. The van der Waals surface area contributed by atoms with Crippen LogP contribution in [0.2, 0.25) is 0 Å². The van der Waals surface area contributed by atoms with Crippen LogP contribution in [0.1, 0.15) is 86.9 Å². The second-order valence-electron chi connectivity index (χ2n) is 24.8. The Morgan fingerprint density at radius 3 is 1.84 bits per heavy atom. The lowest BCUT2D eigenvalue weighted by Crippen LogP contribution is -2.28. The van der Waals surface area contributed by atoms with Gasteiger partial charge in [-0.05, 0) is 170 Å². The standard InChI is InChI=1S/C76H58N2O2/c1-43-21-11-17-29-60(43)77(47-35-37-51-58(41-47)76(6,7)70-66(51)68-53-27-15-20-32-64(53)80-73(68)69-49-25-12-16-28-56(49)75(4,5)71(69)70)46-34-36-50-57(40-46)74(2,3)59-42-54(72-67(65(50)59)52-26-14-19-31-63(52)79-72)44-33-38-62-55(39-44)48-24-13-18-30-61(48)78(62)45-22-9-8-10-23-45/h8-27,29-42,56H,28H2,1-7H3. The fourth-order valence-corrected chi connectivity index (χ4v) is 15.7. The van der Waals surface area contributed by atoms with Crippen molar-refractivity contribution in [3.05, 3.63) is 245 Å². The highest BCUT2D eigenvalue weighted by molar-refractivity contribution is 6.21. The Morgan fingerprint density at radius 2 is 1.10 bits per heavy atom. The summed E-state index contributed by atoms with van der Waals surface area (Å²) in [5.74, 6) is 0.381. The molecule has 80 heavy (non-hydrogen) atoms. The van der Waals surface area contributed by atoms with E-state index < -0.39 is 0 Å². The van der Waals surface area contributed by atoms with E-state index in [9.17, 15) is 0 Å². The average molecular weight is 1030 g/mol. The van der Waals surface area contributed by atoms with E-state index in [1.807, 2.05) is 0 Å². The van der Waals surface area contributed by atoms with Gasteiger partial charge in [-0.3, -0.25) is 0 Å². The molecule has 1 unspecified atom stereocenters. The fourth-order valence-electron chi connectivity index (χ4n) is 15.7. The van der Waals surface area contributed by atoms with Gasteiger partial charge in [0.15, 0.2) is 0 Å². The fraction of sp³-hybridized carbons (Fsp3) is 0.158. The van der Waals surface area contributed by atoms with Crippen molar-refractivity contribution < 1.29 is 8.83 Å². The Bertz CT molecular complexity index is 4970. The van der Waals surface area contributed by atoms with E-state index in [2.05, 4.69) is 264 Å². The number of benzene rings is 10. The molecule has 3 heterocycles. The van der Waals surface area contributed by atoms with Crippen LogP contribution in [-0.2, 0) is 16.2 Å². The molecule has 3 aromatic heterocycles. The smallest absolute Gasteiger partial charge is 0.143 e. The first-order valence-corrected chi connectivity index (χ1v) is 28.5. The third kappa shape index (κ3) is 5.85. The number of aromatic nitrogens is 1. The van der Waals surface area contributed by atoms with E-state index in [0.717, 1.165) is 68.0 Å². The third-order valence-corrected chi connectivity index (χ3v) is 19.5. The normalized spacial score (nSPS) is 16.8. The van der Waals surface area contributed by atoms with Gasteiger partial charge in [0, 0.05) is 77.0 Å². The van der Waals surface area contributed by atoms with E-state index in [-0.39, 0.29) is 16.2 Å². The van der Waals surface area contributed by atoms with Gasteiger partial charge in [0.25, 0.3) is 0 Å². The molecule has 384 valence electrons.